The SMILES string of the molecule is COc1cc2c(cc1OC)C1CC(N)=C(C)CN1CC2. The predicted molar refractivity (Wildman–Crippen MR) is 79.1 cm³/mol. The molecule has 2 N–H and O–H groups in total. The molecule has 2 heterocycles. The highest BCUT2D eigenvalue weighted by Gasteiger charge is 2.32. The van der Waals surface area contributed by atoms with Crippen LogP contribution in [0.1, 0.15) is 30.5 Å². The van der Waals surface area contributed by atoms with Gasteiger partial charge in [0.1, 0.15) is 0 Å². The topological polar surface area (TPSA) is 47.7 Å². The molecule has 2 aliphatic heterocycles. The fourth-order valence-corrected chi connectivity index (χ4v) is 3.30. The third kappa shape index (κ3) is 2.04. The average Bonchev–Trinajstić information content (AvgIpc) is 2.47. The molecule has 0 fully saturated rings. The second kappa shape index (κ2) is 5.02. The van der Waals surface area contributed by atoms with Gasteiger partial charge in [-0.3, -0.25) is 4.90 Å². The fourth-order valence-electron chi connectivity index (χ4n) is 3.30. The van der Waals surface area contributed by atoms with Gasteiger partial charge in [0.15, 0.2) is 11.5 Å². The van der Waals surface area contributed by atoms with Crippen LogP contribution in [-0.4, -0.2) is 32.2 Å². The Hall–Kier alpha value is -1.68. The van der Waals surface area contributed by atoms with Gasteiger partial charge < -0.3 is 15.2 Å². The molecule has 0 radical (unpaired) electrons. The molecule has 4 heteroatoms. The molecule has 4 nitrogen and oxygen atoms in total. The maximum atomic E-state index is 6.17. The predicted octanol–water partition coefficient (Wildman–Crippen LogP) is 2.24. The van der Waals surface area contributed by atoms with Crippen LogP contribution in [0, 0.1) is 0 Å². The van der Waals surface area contributed by atoms with Crippen LogP contribution in [-0.2, 0) is 6.42 Å². The molecule has 108 valence electrons. The molecule has 1 atom stereocenters. The molecule has 20 heavy (non-hydrogen) atoms. The first kappa shape index (κ1) is 13.3. The molecule has 0 spiro atoms. The second-order valence-electron chi connectivity index (χ2n) is 5.65. The maximum Gasteiger partial charge on any atom is 0.161 e. The van der Waals surface area contributed by atoms with Gasteiger partial charge in [0.05, 0.1) is 14.2 Å². The van der Waals surface area contributed by atoms with E-state index in [1.54, 1.807) is 14.2 Å². The zero-order valence-electron chi connectivity index (χ0n) is 12.4. The molecular weight excluding hydrogens is 252 g/mol. The summed E-state index contributed by atoms with van der Waals surface area (Å²) in [5.74, 6) is 1.62. The van der Waals surface area contributed by atoms with Crippen LogP contribution in [0.3, 0.4) is 0 Å². The Balaban J connectivity index is 2.04. The van der Waals surface area contributed by atoms with Crippen molar-refractivity contribution in [2.75, 3.05) is 27.3 Å². The number of methoxy groups -OCH3 is 2. The Labute approximate surface area is 120 Å². The van der Waals surface area contributed by atoms with E-state index in [1.807, 2.05) is 0 Å². The van der Waals surface area contributed by atoms with Crippen molar-refractivity contribution in [3.63, 3.8) is 0 Å². The van der Waals surface area contributed by atoms with Gasteiger partial charge in [0, 0.05) is 31.2 Å². The van der Waals surface area contributed by atoms with Gasteiger partial charge in [0.2, 0.25) is 0 Å². The largest absolute Gasteiger partial charge is 0.493 e. The zero-order chi connectivity index (χ0) is 14.3. The van der Waals surface area contributed by atoms with Gasteiger partial charge >= 0.3 is 0 Å². The highest BCUT2D eigenvalue weighted by Crippen LogP contribution is 2.42. The number of nitrogens with zero attached hydrogens (tertiary/aromatic N) is 1. The minimum atomic E-state index is 0.377. The highest BCUT2D eigenvalue weighted by molar-refractivity contribution is 5.50. The number of fused-ring (bicyclic) bond motifs is 3. The summed E-state index contributed by atoms with van der Waals surface area (Å²) in [5, 5.41) is 0. The Morgan fingerprint density at radius 1 is 1.20 bits per heavy atom. The lowest BCUT2D eigenvalue weighted by atomic mass is 9.86. The normalized spacial score (nSPS) is 22.2. The summed E-state index contributed by atoms with van der Waals surface area (Å²) >= 11 is 0. The lowest BCUT2D eigenvalue weighted by Crippen LogP contribution is -2.40. The number of rotatable bonds is 2. The summed E-state index contributed by atoms with van der Waals surface area (Å²) in [7, 11) is 3.37. The summed E-state index contributed by atoms with van der Waals surface area (Å²) in [4.78, 5) is 2.51. The van der Waals surface area contributed by atoms with Crippen molar-refractivity contribution >= 4 is 0 Å². The van der Waals surface area contributed by atoms with E-state index >= 15 is 0 Å². The van der Waals surface area contributed by atoms with Crippen molar-refractivity contribution < 1.29 is 9.47 Å². The molecule has 0 aromatic heterocycles. The monoisotopic (exact) mass is 274 g/mol. The maximum absolute atomic E-state index is 6.17. The molecule has 1 aromatic carbocycles. The van der Waals surface area contributed by atoms with Crippen LogP contribution < -0.4 is 15.2 Å². The van der Waals surface area contributed by atoms with E-state index in [1.165, 1.54) is 16.7 Å². The molecule has 1 aromatic rings. The second-order valence-corrected chi connectivity index (χ2v) is 5.65. The van der Waals surface area contributed by atoms with Gasteiger partial charge in [-0.1, -0.05) is 0 Å². The molecule has 0 aliphatic carbocycles. The van der Waals surface area contributed by atoms with E-state index in [0.717, 1.165) is 43.1 Å². The minimum Gasteiger partial charge on any atom is -0.493 e. The van der Waals surface area contributed by atoms with Gasteiger partial charge in [0.25, 0.3) is 0 Å². The molecule has 0 saturated carbocycles. The summed E-state index contributed by atoms with van der Waals surface area (Å²) in [6.07, 6.45) is 1.97. The van der Waals surface area contributed by atoms with E-state index in [2.05, 4.69) is 24.0 Å². The van der Waals surface area contributed by atoms with Crippen LogP contribution in [0.15, 0.2) is 23.4 Å². The van der Waals surface area contributed by atoms with Crippen LogP contribution in [0.25, 0.3) is 0 Å². The Morgan fingerprint density at radius 3 is 2.60 bits per heavy atom. The van der Waals surface area contributed by atoms with Crippen LogP contribution in [0.4, 0.5) is 0 Å². The number of hydrogen-bond donors (Lipinski definition) is 1. The van der Waals surface area contributed by atoms with Crippen molar-refractivity contribution in [3.05, 3.63) is 34.5 Å². The molecular formula is C16H22N2O2. The summed E-state index contributed by atoms with van der Waals surface area (Å²) in [6.45, 7) is 4.19. The third-order valence-electron chi connectivity index (χ3n) is 4.52. The van der Waals surface area contributed by atoms with Gasteiger partial charge in [-0.05, 0) is 42.2 Å². The Morgan fingerprint density at radius 2 is 1.90 bits per heavy atom. The number of hydrogen-bond acceptors (Lipinski definition) is 4. The summed E-state index contributed by atoms with van der Waals surface area (Å²) < 4.78 is 10.8. The number of ether oxygens (including phenoxy) is 2. The van der Waals surface area contributed by atoms with Crippen molar-refractivity contribution in [1.29, 1.82) is 0 Å². The fraction of sp³-hybridized carbons (Fsp3) is 0.500. The Bertz CT molecular complexity index is 566. The molecule has 3 rings (SSSR count). The van der Waals surface area contributed by atoms with Gasteiger partial charge in [-0.2, -0.15) is 0 Å². The quantitative estimate of drug-likeness (QED) is 0.898. The van der Waals surface area contributed by atoms with Crippen molar-refractivity contribution in [1.82, 2.24) is 4.90 Å². The number of nitrogens with two attached hydrogens (primary N) is 1. The van der Waals surface area contributed by atoms with Gasteiger partial charge in [-0.15, -0.1) is 0 Å². The smallest absolute Gasteiger partial charge is 0.161 e. The first-order chi connectivity index (χ1) is 9.63. The van der Waals surface area contributed by atoms with E-state index in [0.29, 0.717) is 6.04 Å². The van der Waals surface area contributed by atoms with E-state index < -0.39 is 0 Å². The number of benzene rings is 1. The standard InChI is InChI=1S/C16H22N2O2/c1-10-9-18-5-4-11-6-15(19-2)16(20-3)7-12(11)14(18)8-13(10)17/h6-7,14H,4-5,8-9,17H2,1-3H3. The first-order valence-electron chi connectivity index (χ1n) is 7.07. The highest BCUT2D eigenvalue weighted by atomic mass is 16.5. The lowest BCUT2D eigenvalue weighted by Gasteiger charge is -2.41. The van der Waals surface area contributed by atoms with Gasteiger partial charge in [-0.25, -0.2) is 0 Å². The van der Waals surface area contributed by atoms with E-state index in [4.69, 9.17) is 15.2 Å². The molecule has 2 aliphatic rings. The van der Waals surface area contributed by atoms with Crippen molar-refractivity contribution in [2.45, 2.75) is 25.8 Å². The lowest BCUT2D eigenvalue weighted by molar-refractivity contribution is 0.185. The van der Waals surface area contributed by atoms with Crippen LogP contribution in [0.5, 0.6) is 11.5 Å². The Kier molecular flexibility index (Phi) is 3.34. The van der Waals surface area contributed by atoms with Crippen LogP contribution >= 0.6 is 0 Å². The van der Waals surface area contributed by atoms with Crippen molar-refractivity contribution in [3.8, 4) is 11.5 Å². The van der Waals surface area contributed by atoms with E-state index in [-0.39, 0.29) is 0 Å². The molecule has 0 amide bonds. The van der Waals surface area contributed by atoms with Crippen LogP contribution in [0.2, 0.25) is 0 Å². The average molecular weight is 274 g/mol. The third-order valence-corrected chi connectivity index (χ3v) is 4.52. The van der Waals surface area contributed by atoms with E-state index in [9.17, 15) is 0 Å². The van der Waals surface area contributed by atoms with Crippen molar-refractivity contribution in [2.24, 2.45) is 5.73 Å². The minimum absolute atomic E-state index is 0.377. The molecule has 0 bridgehead atoms. The zero-order valence-corrected chi connectivity index (χ0v) is 12.4. The molecule has 0 saturated heterocycles. The molecule has 1 unspecified atom stereocenters. The first-order valence-corrected chi connectivity index (χ1v) is 7.07. The summed E-state index contributed by atoms with van der Waals surface area (Å²) in [6, 6.07) is 4.62. The summed E-state index contributed by atoms with van der Waals surface area (Å²) in [5.41, 5.74) is 11.2.